The summed E-state index contributed by atoms with van der Waals surface area (Å²) in [5.41, 5.74) is 0.993. The van der Waals surface area contributed by atoms with Crippen molar-refractivity contribution in [1.82, 2.24) is 0 Å². The van der Waals surface area contributed by atoms with E-state index in [1.807, 2.05) is 12.1 Å². The number of hydrogen-bond acceptors (Lipinski definition) is 3. The SMILES string of the molecule is O=[N+]([O-])[C@H]1CS[C@@H]1c1ccc(Cl)cc1. The summed E-state index contributed by atoms with van der Waals surface area (Å²) in [7, 11) is 0. The number of benzene rings is 1. The Balaban J connectivity index is 2.16. The molecule has 0 bridgehead atoms. The lowest BCUT2D eigenvalue weighted by Crippen LogP contribution is -2.36. The molecule has 14 heavy (non-hydrogen) atoms. The smallest absolute Gasteiger partial charge is 0.237 e. The van der Waals surface area contributed by atoms with Gasteiger partial charge in [-0.05, 0) is 17.7 Å². The molecule has 0 spiro atoms. The Kier molecular flexibility index (Phi) is 2.65. The van der Waals surface area contributed by atoms with Gasteiger partial charge >= 0.3 is 0 Å². The van der Waals surface area contributed by atoms with Crippen molar-refractivity contribution in [2.24, 2.45) is 0 Å². The van der Waals surface area contributed by atoms with Gasteiger partial charge in [-0.15, -0.1) is 11.8 Å². The highest BCUT2D eigenvalue weighted by Crippen LogP contribution is 2.44. The number of nitrogens with zero attached hydrogens (tertiary/aromatic N) is 1. The molecule has 0 unspecified atom stereocenters. The van der Waals surface area contributed by atoms with Gasteiger partial charge in [0.25, 0.3) is 0 Å². The van der Waals surface area contributed by atoms with Crippen LogP contribution in [0.5, 0.6) is 0 Å². The highest BCUT2D eigenvalue weighted by Gasteiger charge is 2.42. The van der Waals surface area contributed by atoms with E-state index in [-0.39, 0.29) is 10.2 Å². The molecule has 1 fully saturated rings. The molecule has 5 heteroatoms. The second-order valence-electron chi connectivity index (χ2n) is 3.16. The summed E-state index contributed by atoms with van der Waals surface area (Å²) >= 11 is 7.35. The molecule has 1 aliphatic rings. The summed E-state index contributed by atoms with van der Waals surface area (Å²) in [6.07, 6.45) is 0. The normalized spacial score (nSPS) is 25.5. The van der Waals surface area contributed by atoms with Gasteiger partial charge in [-0.25, -0.2) is 0 Å². The maximum absolute atomic E-state index is 10.6. The topological polar surface area (TPSA) is 43.1 Å². The quantitative estimate of drug-likeness (QED) is 0.579. The second-order valence-corrected chi connectivity index (χ2v) is 4.77. The summed E-state index contributed by atoms with van der Waals surface area (Å²) in [6.45, 7) is 0. The molecular weight excluding hydrogens is 222 g/mol. The van der Waals surface area contributed by atoms with Gasteiger partial charge < -0.3 is 0 Å². The summed E-state index contributed by atoms with van der Waals surface area (Å²) in [4.78, 5) is 10.4. The standard InChI is InChI=1S/C9H8ClNO2S/c10-7-3-1-6(2-4-7)9-8(5-14-9)11(12)13/h1-4,8-9H,5H2/t8-,9+/m0/s1. The van der Waals surface area contributed by atoms with E-state index in [1.165, 1.54) is 0 Å². The van der Waals surface area contributed by atoms with E-state index in [9.17, 15) is 10.1 Å². The van der Waals surface area contributed by atoms with E-state index in [0.29, 0.717) is 10.8 Å². The molecule has 3 nitrogen and oxygen atoms in total. The van der Waals surface area contributed by atoms with Gasteiger partial charge in [0.2, 0.25) is 6.04 Å². The second kappa shape index (κ2) is 3.79. The van der Waals surface area contributed by atoms with Gasteiger partial charge in [0.1, 0.15) is 0 Å². The Morgan fingerprint density at radius 3 is 2.50 bits per heavy atom. The Hall–Kier alpha value is -0.740. The van der Waals surface area contributed by atoms with Gasteiger partial charge in [-0.1, -0.05) is 23.7 Å². The van der Waals surface area contributed by atoms with Crippen LogP contribution in [0.15, 0.2) is 24.3 Å². The molecule has 1 aliphatic heterocycles. The third kappa shape index (κ3) is 1.72. The molecule has 74 valence electrons. The zero-order chi connectivity index (χ0) is 10.1. The van der Waals surface area contributed by atoms with Crippen molar-refractivity contribution in [2.75, 3.05) is 5.75 Å². The maximum atomic E-state index is 10.6. The molecule has 0 N–H and O–H groups in total. The Morgan fingerprint density at radius 2 is 2.07 bits per heavy atom. The van der Waals surface area contributed by atoms with Crippen LogP contribution in [-0.2, 0) is 0 Å². The summed E-state index contributed by atoms with van der Waals surface area (Å²) in [5.74, 6) is 0.611. The van der Waals surface area contributed by atoms with Gasteiger partial charge in [-0.3, -0.25) is 10.1 Å². The molecule has 2 atom stereocenters. The van der Waals surface area contributed by atoms with E-state index in [1.54, 1.807) is 23.9 Å². The Morgan fingerprint density at radius 1 is 1.43 bits per heavy atom. The molecule has 1 saturated heterocycles. The zero-order valence-corrected chi connectivity index (χ0v) is 8.79. The summed E-state index contributed by atoms with van der Waals surface area (Å²) < 4.78 is 0. The van der Waals surface area contributed by atoms with Gasteiger partial charge in [0.05, 0.1) is 11.0 Å². The van der Waals surface area contributed by atoms with Crippen LogP contribution < -0.4 is 0 Å². The molecule has 0 saturated carbocycles. The van der Waals surface area contributed by atoms with E-state index >= 15 is 0 Å². The molecular formula is C9H8ClNO2S. The van der Waals surface area contributed by atoms with Crippen LogP contribution in [-0.4, -0.2) is 16.7 Å². The average Bonchev–Trinajstić information content (AvgIpc) is 2.05. The monoisotopic (exact) mass is 229 g/mol. The van der Waals surface area contributed by atoms with Gasteiger partial charge in [0, 0.05) is 9.95 Å². The Bertz CT molecular complexity index is 354. The minimum absolute atomic E-state index is 0.00210. The van der Waals surface area contributed by atoms with Crippen LogP contribution in [0.4, 0.5) is 0 Å². The van der Waals surface area contributed by atoms with Crippen LogP contribution in [0.3, 0.4) is 0 Å². The van der Waals surface area contributed by atoms with Crippen LogP contribution in [0, 0.1) is 10.1 Å². The largest absolute Gasteiger partial charge is 0.264 e. The van der Waals surface area contributed by atoms with Crippen molar-refractivity contribution in [3.05, 3.63) is 45.0 Å². The highest BCUT2D eigenvalue weighted by molar-refractivity contribution is 8.01. The van der Waals surface area contributed by atoms with E-state index in [4.69, 9.17) is 11.6 Å². The fourth-order valence-corrected chi connectivity index (χ4v) is 2.67. The van der Waals surface area contributed by atoms with Crippen molar-refractivity contribution >= 4 is 23.4 Å². The fraction of sp³-hybridized carbons (Fsp3) is 0.333. The minimum Gasteiger partial charge on any atom is -0.264 e. The number of hydrogen-bond donors (Lipinski definition) is 0. The van der Waals surface area contributed by atoms with E-state index in [2.05, 4.69) is 0 Å². The number of thioether (sulfide) groups is 1. The zero-order valence-electron chi connectivity index (χ0n) is 7.22. The number of halogens is 1. The lowest BCUT2D eigenvalue weighted by atomic mass is 10.1. The van der Waals surface area contributed by atoms with Crippen molar-refractivity contribution in [1.29, 1.82) is 0 Å². The summed E-state index contributed by atoms with van der Waals surface area (Å²) in [5, 5.41) is 11.3. The van der Waals surface area contributed by atoms with Gasteiger partial charge in [-0.2, -0.15) is 0 Å². The van der Waals surface area contributed by atoms with Crippen LogP contribution >= 0.6 is 23.4 Å². The predicted octanol–water partition coefficient (Wildman–Crippen LogP) is 2.77. The Labute approximate surface area is 90.6 Å². The molecule has 1 aromatic rings. The van der Waals surface area contributed by atoms with E-state index < -0.39 is 6.04 Å². The molecule has 0 radical (unpaired) electrons. The van der Waals surface area contributed by atoms with Crippen LogP contribution in [0.1, 0.15) is 10.8 Å². The molecule has 1 heterocycles. The molecule has 0 amide bonds. The number of nitro groups is 1. The van der Waals surface area contributed by atoms with Crippen molar-refractivity contribution < 1.29 is 4.92 Å². The minimum atomic E-state index is -0.429. The molecule has 1 aromatic carbocycles. The fourth-order valence-electron chi connectivity index (χ4n) is 1.42. The molecule has 2 rings (SSSR count). The van der Waals surface area contributed by atoms with Crippen molar-refractivity contribution in [2.45, 2.75) is 11.3 Å². The lowest BCUT2D eigenvalue weighted by Gasteiger charge is -2.29. The van der Waals surface area contributed by atoms with Crippen LogP contribution in [0.25, 0.3) is 0 Å². The van der Waals surface area contributed by atoms with Crippen LogP contribution in [0.2, 0.25) is 5.02 Å². The molecule has 0 aromatic heterocycles. The highest BCUT2D eigenvalue weighted by atomic mass is 35.5. The van der Waals surface area contributed by atoms with Crippen molar-refractivity contribution in [3.63, 3.8) is 0 Å². The first-order chi connectivity index (χ1) is 6.68. The lowest BCUT2D eigenvalue weighted by molar-refractivity contribution is -0.520. The first-order valence-corrected chi connectivity index (χ1v) is 5.62. The maximum Gasteiger partial charge on any atom is 0.237 e. The number of rotatable bonds is 2. The summed E-state index contributed by atoms with van der Waals surface area (Å²) in [6, 6.07) is 6.83. The van der Waals surface area contributed by atoms with E-state index in [0.717, 1.165) is 5.56 Å². The third-order valence-electron chi connectivity index (χ3n) is 2.27. The first kappa shape index (κ1) is 9.80. The van der Waals surface area contributed by atoms with Gasteiger partial charge in [0.15, 0.2) is 0 Å². The average molecular weight is 230 g/mol. The first-order valence-electron chi connectivity index (χ1n) is 4.19. The third-order valence-corrected chi connectivity index (χ3v) is 4.00. The van der Waals surface area contributed by atoms with Crippen molar-refractivity contribution in [3.8, 4) is 0 Å². The predicted molar refractivity (Wildman–Crippen MR) is 57.4 cm³/mol. The molecule has 0 aliphatic carbocycles.